The van der Waals surface area contributed by atoms with Gasteiger partial charge in [-0.05, 0) is 31.7 Å². The lowest BCUT2D eigenvalue weighted by atomic mass is 9.93. The van der Waals surface area contributed by atoms with Gasteiger partial charge >= 0.3 is 0 Å². The molecule has 0 radical (unpaired) electrons. The van der Waals surface area contributed by atoms with Crippen LogP contribution in [0.5, 0.6) is 0 Å². The third-order valence-electron chi connectivity index (χ3n) is 3.46. The monoisotopic (exact) mass is 288 g/mol. The molecular weight excluding hydrogens is 271 g/mol. The summed E-state index contributed by atoms with van der Waals surface area (Å²) in [4.78, 5) is 6.64. The maximum atomic E-state index is 6.24. The van der Waals surface area contributed by atoms with Crippen molar-refractivity contribution in [2.24, 2.45) is 11.8 Å². The molecule has 6 heteroatoms. The average molecular weight is 289 g/mol. The third kappa shape index (κ3) is 2.66. The molecule has 1 aromatic rings. The molecule has 100 valence electrons. The number of hydrogen-bond donors (Lipinski definition) is 2. The van der Waals surface area contributed by atoms with Crippen LogP contribution in [-0.2, 0) is 0 Å². The summed E-state index contributed by atoms with van der Waals surface area (Å²) in [6.07, 6.45) is 2.29. The van der Waals surface area contributed by atoms with Crippen LogP contribution < -0.4 is 16.2 Å². The highest BCUT2D eigenvalue weighted by molar-refractivity contribution is 6.37. The van der Waals surface area contributed by atoms with Gasteiger partial charge in [0.05, 0.1) is 10.0 Å². The van der Waals surface area contributed by atoms with Gasteiger partial charge in [-0.3, -0.25) is 0 Å². The topological polar surface area (TPSA) is 54.2 Å². The van der Waals surface area contributed by atoms with E-state index in [4.69, 9.17) is 29.0 Å². The number of aromatic nitrogens is 1. The van der Waals surface area contributed by atoms with Crippen LogP contribution in [0.25, 0.3) is 0 Å². The molecule has 2 rings (SSSR count). The van der Waals surface area contributed by atoms with Crippen molar-refractivity contribution >= 4 is 34.8 Å². The molecule has 2 atom stereocenters. The molecule has 1 fully saturated rings. The number of halogens is 2. The second-order valence-electron chi connectivity index (χ2n) is 4.94. The number of hydrogen-bond acceptors (Lipinski definition) is 4. The largest absolute Gasteiger partial charge is 0.353 e. The number of nitrogen functional groups attached to an aromatic ring is 1. The number of piperidine rings is 1. The molecule has 1 aromatic heterocycles. The Morgan fingerprint density at radius 2 is 2.11 bits per heavy atom. The van der Waals surface area contributed by atoms with Crippen molar-refractivity contribution in [2.45, 2.75) is 32.7 Å². The van der Waals surface area contributed by atoms with Crippen molar-refractivity contribution in [1.29, 1.82) is 0 Å². The van der Waals surface area contributed by atoms with E-state index in [1.807, 2.05) is 0 Å². The van der Waals surface area contributed by atoms with Crippen LogP contribution in [-0.4, -0.2) is 17.6 Å². The summed E-state index contributed by atoms with van der Waals surface area (Å²) in [7, 11) is 0. The summed E-state index contributed by atoms with van der Waals surface area (Å²) in [5.74, 6) is 7.36. The van der Waals surface area contributed by atoms with E-state index in [0.717, 1.165) is 31.1 Å². The highest BCUT2D eigenvalue weighted by Gasteiger charge is 2.26. The highest BCUT2D eigenvalue weighted by Crippen LogP contribution is 2.35. The Kier molecular flexibility index (Phi) is 4.20. The van der Waals surface area contributed by atoms with Gasteiger partial charge in [0.15, 0.2) is 5.82 Å². The molecular formula is C12H18Cl2N4. The number of nitrogens with zero attached hydrogens (tertiary/aromatic N) is 2. The second-order valence-corrected chi connectivity index (χ2v) is 5.75. The van der Waals surface area contributed by atoms with Crippen LogP contribution >= 0.6 is 23.2 Å². The van der Waals surface area contributed by atoms with E-state index in [-0.39, 0.29) is 0 Å². The Morgan fingerprint density at radius 1 is 1.39 bits per heavy atom. The number of nitrogens with one attached hydrogen (secondary N) is 1. The molecule has 0 bridgehead atoms. The van der Waals surface area contributed by atoms with Crippen molar-refractivity contribution < 1.29 is 0 Å². The fraction of sp³-hybridized carbons (Fsp3) is 0.583. The van der Waals surface area contributed by atoms with Crippen LogP contribution in [0.15, 0.2) is 6.07 Å². The lowest BCUT2D eigenvalue weighted by molar-refractivity contribution is 0.376. The molecule has 0 saturated carbocycles. The Hall–Kier alpha value is -0.710. The Bertz CT molecular complexity index is 438. The van der Waals surface area contributed by atoms with Crippen LogP contribution in [0, 0.1) is 5.92 Å². The van der Waals surface area contributed by atoms with Crippen LogP contribution in [0.3, 0.4) is 0 Å². The van der Waals surface area contributed by atoms with Gasteiger partial charge in [-0.15, -0.1) is 0 Å². The van der Waals surface area contributed by atoms with Crippen LogP contribution in [0.4, 0.5) is 11.6 Å². The van der Waals surface area contributed by atoms with E-state index in [1.54, 1.807) is 6.07 Å². The zero-order chi connectivity index (χ0) is 13.3. The van der Waals surface area contributed by atoms with Gasteiger partial charge < -0.3 is 10.3 Å². The van der Waals surface area contributed by atoms with Gasteiger partial charge in [0, 0.05) is 12.6 Å². The van der Waals surface area contributed by atoms with E-state index in [1.165, 1.54) is 0 Å². The first kappa shape index (κ1) is 13.7. The summed E-state index contributed by atoms with van der Waals surface area (Å²) < 4.78 is 0. The van der Waals surface area contributed by atoms with Gasteiger partial charge in [0.25, 0.3) is 0 Å². The van der Waals surface area contributed by atoms with E-state index < -0.39 is 0 Å². The van der Waals surface area contributed by atoms with Crippen molar-refractivity contribution in [3.05, 3.63) is 16.1 Å². The molecule has 1 aliphatic rings. The lowest BCUT2D eigenvalue weighted by Crippen LogP contribution is -2.41. The first-order chi connectivity index (χ1) is 8.52. The number of nitrogens with two attached hydrogens (primary N) is 1. The molecule has 1 saturated heterocycles. The molecule has 3 N–H and O–H groups in total. The summed E-state index contributed by atoms with van der Waals surface area (Å²) in [5, 5.41) is 1.00. The summed E-state index contributed by atoms with van der Waals surface area (Å²) in [6.45, 7) is 5.43. The fourth-order valence-corrected chi connectivity index (χ4v) is 3.00. The molecule has 0 spiro atoms. The third-order valence-corrected chi connectivity index (χ3v) is 4.02. The van der Waals surface area contributed by atoms with Crippen LogP contribution in [0.2, 0.25) is 10.0 Å². The maximum absolute atomic E-state index is 6.24. The zero-order valence-electron chi connectivity index (χ0n) is 10.6. The smallest absolute Gasteiger partial charge is 0.161 e. The van der Waals surface area contributed by atoms with E-state index in [2.05, 4.69) is 29.2 Å². The minimum Gasteiger partial charge on any atom is -0.353 e. The highest BCUT2D eigenvalue weighted by atomic mass is 35.5. The van der Waals surface area contributed by atoms with Gasteiger partial charge in [-0.2, -0.15) is 0 Å². The lowest BCUT2D eigenvalue weighted by Gasteiger charge is -2.38. The standard InChI is InChI=1S/C12H18Cl2N4/c1-7-3-4-18(8(2)5-7)12-10(14)6-9(13)11(16-12)17-15/h6-8H,3-5,15H2,1-2H3,(H,16,17). The van der Waals surface area contributed by atoms with Crippen molar-refractivity contribution in [2.75, 3.05) is 16.9 Å². The van der Waals surface area contributed by atoms with E-state index >= 15 is 0 Å². The van der Waals surface area contributed by atoms with E-state index in [9.17, 15) is 0 Å². The first-order valence-electron chi connectivity index (χ1n) is 6.12. The molecule has 0 aromatic carbocycles. The molecule has 1 aliphatic heterocycles. The number of hydrazine groups is 1. The molecule has 18 heavy (non-hydrogen) atoms. The minimum absolute atomic E-state index is 0.422. The Labute approximate surface area is 117 Å². The van der Waals surface area contributed by atoms with Crippen molar-refractivity contribution in [1.82, 2.24) is 4.98 Å². The quantitative estimate of drug-likeness (QED) is 0.648. The van der Waals surface area contributed by atoms with Crippen molar-refractivity contribution in [3.63, 3.8) is 0 Å². The maximum Gasteiger partial charge on any atom is 0.161 e. The van der Waals surface area contributed by atoms with Gasteiger partial charge in [0.1, 0.15) is 5.82 Å². The summed E-state index contributed by atoms with van der Waals surface area (Å²) in [5.41, 5.74) is 2.50. The van der Waals surface area contributed by atoms with Gasteiger partial charge in [-0.25, -0.2) is 10.8 Å². The molecule has 2 unspecified atom stereocenters. The number of anilines is 2. The van der Waals surface area contributed by atoms with Gasteiger partial charge in [0.2, 0.25) is 0 Å². The zero-order valence-corrected chi connectivity index (χ0v) is 12.1. The summed E-state index contributed by atoms with van der Waals surface area (Å²) in [6, 6.07) is 2.11. The predicted molar refractivity (Wildman–Crippen MR) is 77.3 cm³/mol. The van der Waals surface area contributed by atoms with Crippen molar-refractivity contribution in [3.8, 4) is 0 Å². The molecule has 0 amide bonds. The first-order valence-corrected chi connectivity index (χ1v) is 6.87. The number of pyridine rings is 1. The number of rotatable bonds is 2. The molecule has 2 heterocycles. The normalized spacial score (nSPS) is 24.2. The van der Waals surface area contributed by atoms with E-state index in [0.29, 0.717) is 21.9 Å². The molecule has 4 nitrogen and oxygen atoms in total. The predicted octanol–water partition coefficient (Wildman–Crippen LogP) is 3.30. The second kappa shape index (κ2) is 5.51. The SMILES string of the molecule is CC1CCN(c2nc(NN)c(Cl)cc2Cl)C(C)C1. The minimum atomic E-state index is 0.422. The average Bonchev–Trinajstić information content (AvgIpc) is 2.30. The van der Waals surface area contributed by atoms with Gasteiger partial charge in [-0.1, -0.05) is 30.1 Å². The summed E-state index contributed by atoms with van der Waals surface area (Å²) >= 11 is 12.2. The Balaban J connectivity index is 2.32. The van der Waals surface area contributed by atoms with Crippen LogP contribution in [0.1, 0.15) is 26.7 Å². The fourth-order valence-electron chi connectivity index (χ4n) is 2.48. The Morgan fingerprint density at radius 3 is 2.72 bits per heavy atom. The molecule has 0 aliphatic carbocycles.